The summed E-state index contributed by atoms with van der Waals surface area (Å²) in [6, 6.07) is 6.92. The van der Waals surface area contributed by atoms with Gasteiger partial charge in [-0.3, -0.25) is 10.2 Å². The highest BCUT2D eigenvalue weighted by Crippen LogP contribution is 2.41. The zero-order chi connectivity index (χ0) is 23.2. The van der Waals surface area contributed by atoms with Gasteiger partial charge in [-0.15, -0.1) is 0 Å². The van der Waals surface area contributed by atoms with Crippen LogP contribution in [-0.2, 0) is 0 Å². The molecule has 2 aromatic heterocycles. The Morgan fingerprint density at radius 1 is 1.06 bits per heavy atom. The van der Waals surface area contributed by atoms with Crippen molar-refractivity contribution in [3.8, 4) is 0 Å². The molecular formula is C23H27F3N6O. The molecule has 7 nitrogen and oxygen atoms in total. The first-order chi connectivity index (χ1) is 15.8. The molecule has 0 unspecified atom stereocenters. The van der Waals surface area contributed by atoms with Crippen LogP contribution in [0.5, 0.6) is 0 Å². The number of aryl methyl sites for hydroxylation is 1. The first-order valence-electron chi connectivity index (χ1n) is 11.4. The maximum absolute atomic E-state index is 13.3. The molecule has 2 amide bonds. The van der Waals surface area contributed by atoms with Crippen LogP contribution < -0.4 is 20.0 Å². The van der Waals surface area contributed by atoms with E-state index in [4.69, 9.17) is 4.98 Å². The fraction of sp³-hybridized carbons (Fsp3) is 0.522. The number of fused-ring (bicyclic) bond motifs is 4. The average molecular weight is 461 g/mol. The minimum absolute atomic E-state index is 0.0521. The van der Waals surface area contributed by atoms with E-state index in [0.29, 0.717) is 37.0 Å². The number of nitrogens with zero attached hydrogens (tertiary/aromatic N) is 5. The number of anilines is 4. The van der Waals surface area contributed by atoms with E-state index in [0.717, 1.165) is 30.6 Å². The van der Waals surface area contributed by atoms with Crippen LogP contribution in [0.2, 0.25) is 0 Å². The van der Waals surface area contributed by atoms with Crippen molar-refractivity contribution in [2.75, 3.05) is 46.2 Å². The van der Waals surface area contributed by atoms with E-state index in [9.17, 15) is 18.0 Å². The summed E-state index contributed by atoms with van der Waals surface area (Å²) in [6.45, 7) is 3.92. The molecule has 3 aliphatic heterocycles. The van der Waals surface area contributed by atoms with E-state index in [1.807, 2.05) is 19.1 Å². The second kappa shape index (κ2) is 8.39. The molecule has 0 radical (unpaired) electrons. The third-order valence-corrected chi connectivity index (χ3v) is 6.74. The monoisotopic (exact) mass is 460 g/mol. The Morgan fingerprint density at radius 2 is 1.85 bits per heavy atom. The number of rotatable bonds is 2. The zero-order valence-electron chi connectivity index (χ0n) is 18.5. The number of hydrogen-bond acceptors (Lipinski definition) is 5. The van der Waals surface area contributed by atoms with Gasteiger partial charge in [0, 0.05) is 32.4 Å². The third kappa shape index (κ3) is 4.30. The smallest absolute Gasteiger partial charge is 0.366 e. The van der Waals surface area contributed by atoms with Crippen molar-refractivity contribution in [1.82, 2.24) is 9.97 Å². The van der Waals surface area contributed by atoms with Gasteiger partial charge >= 0.3 is 12.2 Å². The molecule has 10 heteroatoms. The second-order valence-electron chi connectivity index (χ2n) is 9.10. The number of carbonyl (C=O) groups excluding carboxylic acids is 1. The minimum Gasteiger partial charge on any atom is -0.366 e. The number of nitrogens with one attached hydrogen (secondary N) is 1. The predicted octanol–water partition coefficient (Wildman–Crippen LogP) is 4.58. The number of carbonyl (C=O) groups is 1. The van der Waals surface area contributed by atoms with Crippen molar-refractivity contribution in [3.05, 3.63) is 36.0 Å². The van der Waals surface area contributed by atoms with Crippen molar-refractivity contribution < 1.29 is 18.0 Å². The first kappa shape index (κ1) is 21.8. The van der Waals surface area contributed by atoms with Gasteiger partial charge in [-0.25, -0.2) is 14.8 Å². The fourth-order valence-corrected chi connectivity index (χ4v) is 5.01. The molecule has 0 spiro atoms. The molecular weight excluding hydrogens is 433 g/mol. The van der Waals surface area contributed by atoms with Gasteiger partial charge in [-0.2, -0.15) is 13.2 Å². The Hall–Kier alpha value is -3.04. The predicted molar refractivity (Wildman–Crippen MR) is 121 cm³/mol. The number of hydrogen-bond donors (Lipinski definition) is 1. The highest BCUT2D eigenvalue weighted by Gasteiger charge is 2.43. The zero-order valence-corrected chi connectivity index (χ0v) is 18.5. The van der Waals surface area contributed by atoms with Gasteiger partial charge in [0.1, 0.15) is 11.6 Å². The normalized spacial score (nSPS) is 22.7. The van der Waals surface area contributed by atoms with Crippen LogP contribution in [0.1, 0.15) is 31.2 Å². The van der Waals surface area contributed by atoms with Crippen LogP contribution in [0.4, 0.5) is 41.1 Å². The molecule has 5 heterocycles. The highest BCUT2D eigenvalue weighted by molar-refractivity contribution is 6.04. The van der Waals surface area contributed by atoms with E-state index in [1.165, 1.54) is 0 Å². The second-order valence-corrected chi connectivity index (χ2v) is 9.10. The van der Waals surface area contributed by atoms with Gasteiger partial charge in [0.15, 0.2) is 5.82 Å². The van der Waals surface area contributed by atoms with Gasteiger partial charge < -0.3 is 9.80 Å². The number of piperidine rings is 2. The third-order valence-electron chi connectivity index (χ3n) is 6.74. The molecule has 2 atom stereocenters. The molecule has 1 N–H and O–H groups in total. The van der Waals surface area contributed by atoms with Crippen LogP contribution in [-0.4, -0.2) is 54.4 Å². The maximum Gasteiger partial charge on any atom is 0.393 e. The van der Waals surface area contributed by atoms with Crippen LogP contribution in [0, 0.1) is 12.8 Å². The van der Waals surface area contributed by atoms with E-state index in [1.54, 1.807) is 28.1 Å². The fourth-order valence-electron chi connectivity index (χ4n) is 5.01. The van der Waals surface area contributed by atoms with Gasteiger partial charge in [0.05, 0.1) is 17.6 Å². The summed E-state index contributed by atoms with van der Waals surface area (Å²) in [5.41, 5.74) is 1.83. The lowest BCUT2D eigenvalue weighted by atomic mass is 9.97. The lowest BCUT2D eigenvalue weighted by Gasteiger charge is -2.46. The highest BCUT2D eigenvalue weighted by atomic mass is 19.4. The summed E-state index contributed by atoms with van der Waals surface area (Å²) in [4.78, 5) is 27.9. The summed E-state index contributed by atoms with van der Waals surface area (Å²) in [7, 11) is 0. The van der Waals surface area contributed by atoms with Crippen LogP contribution >= 0.6 is 0 Å². The molecule has 0 aromatic carbocycles. The number of urea groups is 1. The minimum atomic E-state index is -4.22. The Bertz CT molecular complexity index is 1030. The molecule has 2 aromatic rings. The molecule has 176 valence electrons. The maximum atomic E-state index is 13.3. The van der Waals surface area contributed by atoms with E-state index in [2.05, 4.69) is 15.2 Å². The Labute approximate surface area is 190 Å². The first-order valence-corrected chi connectivity index (χ1v) is 11.4. The van der Waals surface area contributed by atoms with Gasteiger partial charge in [0.2, 0.25) is 0 Å². The van der Waals surface area contributed by atoms with Gasteiger partial charge in [-0.05, 0) is 56.4 Å². The van der Waals surface area contributed by atoms with Gasteiger partial charge in [-0.1, -0.05) is 6.07 Å². The summed E-state index contributed by atoms with van der Waals surface area (Å²) in [5.74, 6) is 0.0714. The molecule has 33 heavy (non-hydrogen) atoms. The van der Waals surface area contributed by atoms with Crippen molar-refractivity contribution in [3.63, 3.8) is 0 Å². The molecule has 0 aliphatic carbocycles. The number of pyridine rings is 2. The summed E-state index contributed by atoms with van der Waals surface area (Å²) < 4.78 is 40.0. The van der Waals surface area contributed by atoms with E-state index in [-0.39, 0.29) is 25.0 Å². The Balaban J connectivity index is 1.46. The van der Waals surface area contributed by atoms with Crippen LogP contribution in [0.25, 0.3) is 0 Å². The summed E-state index contributed by atoms with van der Waals surface area (Å²) >= 11 is 0. The van der Waals surface area contributed by atoms with Crippen molar-refractivity contribution in [2.24, 2.45) is 5.92 Å². The number of alkyl halides is 3. The number of halogens is 3. The van der Waals surface area contributed by atoms with E-state index >= 15 is 0 Å². The molecule has 0 saturated carbocycles. The van der Waals surface area contributed by atoms with Crippen LogP contribution in [0.3, 0.4) is 0 Å². The Kier molecular flexibility index (Phi) is 5.54. The standard InChI is InChI=1S/C23H27F3N6O/c1-15-6-8-19(27-12-15)28-22(33)32-17-5-3-10-30(14-17)18-7-9-20(29-21(18)32)31-11-2-4-16(13-31)23(24,25)26/h6-9,12,16-17H,2-5,10-11,13-14H2,1H3,(H,27,28,33)/t16-,17-/m0/s1. The van der Waals surface area contributed by atoms with Crippen molar-refractivity contribution in [1.29, 1.82) is 0 Å². The topological polar surface area (TPSA) is 64.6 Å². The number of aromatic nitrogens is 2. The van der Waals surface area contributed by atoms with Crippen LogP contribution in [0.15, 0.2) is 30.5 Å². The lowest BCUT2D eigenvalue weighted by Crippen LogP contribution is -2.56. The number of amides is 2. The summed E-state index contributed by atoms with van der Waals surface area (Å²) in [6.07, 6.45) is -0.136. The molecule has 2 fully saturated rings. The van der Waals surface area contributed by atoms with Gasteiger partial charge in [0.25, 0.3) is 0 Å². The Morgan fingerprint density at radius 3 is 2.61 bits per heavy atom. The quantitative estimate of drug-likeness (QED) is 0.711. The van der Waals surface area contributed by atoms with Crippen molar-refractivity contribution in [2.45, 2.75) is 44.8 Å². The molecule has 2 saturated heterocycles. The van der Waals surface area contributed by atoms with E-state index < -0.39 is 12.1 Å². The average Bonchev–Trinajstić information content (AvgIpc) is 2.80. The van der Waals surface area contributed by atoms with Crippen molar-refractivity contribution >= 4 is 29.2 Å². The molecule has 3 aliphatic rings. The lowest BCUT2D eigenvalue weighted by molar-refractivity contribution is -0.176. The summed E-state index contributed by atoms with van der Waals surface area (Å²) in [5, 5.41) is 2.86. The SMILES string of the molecule is Cc1ccc(NC(=O)N2c3nc(N4CCC[C@H](C(F)(F)F)C4)ccc3N3CCC[C@H]2C3)nc1. The molecule has 5 rings (SSSR count). The molecule has 2 bridgehead atoms. The largest absolute Gasteiger partial charge is 0.393 e.